The van der Waals surface area contributed by atoms with Gasteiger partial charge in [-0.05, 0) is 42.9 Å². The van der Waals surface area contributed by atoms with E-state index in [9.17, 15) is 8.42 Å². The number of nitrogens with one attached hydrogen (secondary N) is 1. The van der Waals surface area contributed by atoms with Crippen LogP contribution in [0, 0.1) is 5.92 Å². The van der Waals surface area contributed by atoms with Gasteiger partial charge < -0.3 is 4.74 Å². The highest BCUT2D eigenvalue weighted by Crippen LogP contribution is 2.25. The summed E-state index contributed by atoms with van der Waals surface area (Å²) in [5.74, 6) is 0.562. The average Bonchev–Trinajstić information content (AvgIpc) is 3.12. The van der Waals surface area contributed by atoms with Gasteiger partial charge in [0.15, 0.2) is 0 Å². The Morgan fingerprint density at radius 3 is 2.78 bits per heavy atom. The summed E-state index contributed by atoms with van der Waals surface area (Å²) in [6.07, 6.45) is 7.61. The highest BCUT2D eigenvalue weighted by Gasteiger charge is 2.37. The Morgan fingerprint density at radius 1 is 1.35 bits per heavy atom. The molecule has 0 aliphatic carbocycles. The van der Waals surface area contributed by atoms with E-state index in [1.165, 1.54) is 11.8 Å². The van der Waals surface area contributed by atoms with Crippen LogP contribution < -0.4 is 4.72 Å². The molecule has 3 atom stereocenters. The number of sulfonamides is 1. The summed E-state index contributed by atoms with van der Waals surface area (Å²) in [6, 6.07) is 4.17. The van der Waals surface area contributed by atoms with Gasteiger partial charge >= 0.3 is 0 Å². The largest absolute Gasteiger partial charge is 0.381 e. The summed E-state index contributed by atoms with van der Waals surface area (Å²) < 4.78 is 31.7. The molecule has 0 spiro atoms. The first-order valence-corrected chi connectivity index (χ1v) is 10.1. The van der Waals surface area contributed by atoms with Crippen LogP contribution in [0.15, 0.2) is 24.5 Å². The number of rotatable bonds is 6. The summed E-state index contributed by atoms with van der Waals surface area (Å²) in [5.41, 5.74) is 1.19. The van der Waals surface area contributed by atoms with Gasteiger partial charge in [-0.3, -0.25) is 9.88 Å². The number of likely N-dealkylation sites (tertiary alicyclic amines) is 1. The van der Waals surface area contributed by atoms with E-state index in [4.69, 9.17) is 4.74 Å². The number of nitrogens with zero attached hydrogens (tertiary/aromatic N) is 2. The van der Waals surface area contributed by atoms with Crippen LogP contribution in [0.25, 0.3) is 0 Å². The molecular formula is C16H25N3O3S. The minimum Gasteiger partial charge on any atom is -0.381 e. The van der Waals surface area contributed by atoms with Crippen LogP contribution in [-0.2, 0) is 21.2 Å². The third-order valence-corrected chi connectivity index (χ3v) is 5.47. The fourth-order valence-electron chi connectivity index (χ4n) is 3.65. The zero-order chi connectivity index (χ0) is 16.3. The Balaban J connectivity index is 1.72. The summed E-state index contributed by atoms with van der Waals surface area (Å²) in [7, 11) is -3.20. The van der Waals surface area contributed by atoms with Gasteiger partial charge in [0.2, 0.25) is 10.0 Å². The van der Waals surface area contributed by atoms with Crippen molar-refractivity contribution in [2.24, 2.45) is 5.92 Å². The first-order chi connectivity index (χ1) is 11.0. The SMILES string of the molecule is CS(=O)(=O)N[C@@H]1CCN(CC2CCOC2)[C@H]1Cc1ccncc1. The molecule has 1 aromatic rings. The van der Waals surface area contributed by atoms with E-state index in [1.807, 2.05) is 12.1 Å². The monoisotopic (exact) mass is 339 g/mol. The number of hydrogen-bond donors (Lipinski definition) is 1. The molecule has 1 unspecified atom stereocenters. The van der Waals surface area contributed by atoms with Crippen molar-refractivity contribution in [3.05, 3.63) is 30.1 Å². The second-order valence-electron chi connectivity index (χ2n) is 6.64. The maximum Gasteiger partial charge on any atom is 0.209 e. The maximum absolute atomic E-state index is 11.7. The summed E-state index contributed by atoms with van der Waals surface area (Å²) in [4.78, 5) is 6.49. The van der Waals surface area contributed by atoms with E-state index in [-0.39, 0.29) is 12.1 Å². The van der Waals surface area contributed by atoms with Crippen LogP contribution in [-0.4, -0.2) is 62.9 Å². The fourth-order valence-corrected chi connectivity index (χ4v) is 4.47. The van der Waals surface area contributed by atoms with Crippen LogP contribution in [0.1, 0.15) is 18.4 Å². The van der Waals surface area contributed by atoms with Crippen LogP contribution in [0.2, 0.25) is 0 Å². The van der Waals surface area contributed by atoms with Gasteiger partial charge in [-0.2, -0.15) is 0 Å². The van der Waals surface area contributed by atoms with Crippen molar-refractivity contribution in [2.45, 2.75) is 31.3 Å². The molecule has 0 amide bonds. The smallest absolute Gasteiger partial charge is 0.209 e. The molecule has 7 heteroatoms. The van der Waals surface area contributed by atoms with Gasteiger partial charge in [0, 0.05) is 44.2 Å². The lowest BCUT2D eigenvalue weighted by Crippen LogP contribution is -2.47. The molecule has 1 N–H and O–H groups in total. The highest BCUT2D eigenvalue weighted by molar-refractivity contribution is 7.88. The predicted molar refractivity (Wildman–Crippen MR) is 88.6 cm³/mol. The molecule has 6 nitrogen and oxygen atoms in total. The molecule has 1 aromatic heterocycles. The summed E-state index contributed by atoms with van der Waals surface area (Å²) in [5, 5.41) is 0. The highest BCUT2D eigenvalue weighted by atomic mass is 32.2. The lowest BCUT2D eigenvalue weighted by molar-refractivity contribution is 0.159. The minimum atomic E-state index is -3.20. The molecule has 0 aromatic carbocycles. The van der Waals surface area contributed by atoms with Crippen molar-refractivity contribution in [2.75, 3.05) is 32.6 Å². The summed E-state index contributed by atoms with van der Waals surface area (Å²) in [6.45, 7) is 3.58. The molecule has 3 rings (SSSR count). The van der Waals surface area contributed by atoms with E-state index in [0.717, 1.165) is 45.6 Å². The van der Waals surface area contributed by atoms with Crippen molar-refractivity contribution in [3.8, 4) is 0 Å². The Kier molecular flexibility index (Phi) is 5.31. The van der Waals surface area contributed by atoms with Crippen LogP contribution >= 0.6 is 0 Å². The maximum atomic E-state index is 11.7. The van der Waals surface area contributed by atoms with Crippen molar-refractivity contribution in [1.82, 2.24) is 14.6 Å². The Bertz CT molecular complexity index is 602. The summed E-state index contributed by atoms with van der Waals surface area (Å²) >= 11 is 0. The molecule has 2 aliphatic heterocycles. The van der Waals surface area contributed by atoms with Gasteiger partial charge in [0.25, 0.3) is 0 Å². The number of hydrogen-bond acceptors (Lipinski definition) is 5. The van der Waals surface area contributed by atoms with Gasteiger partial charge in [0.1, 0.15) is 0 Å². The Labute approximate surface area is 138 Å². The molecule has 0 radical (unpaired) electrons. The van der Waals surface area contributed by atoms with Gasteiger partial charge in [-0.1, -0.05) is 0 Å². The first-order valence-electron chi connectivity index (χ1n) is 8.19. The fraction of sp³-hybridized carbons (Fsp3) is 0.688. The standard InChI is InChI=1S/C16H25N3O3S/c1-23(20,21)18-15-4-8-19(11-14-5-9-22-12-14)16(15)10-13-2-6-17-7-3-13/h2-3,6-7,14-16,18H,4-5,8-12H2,1H3/t14?,15-,16+/m1/s1. The van der Waals surface area contributed by atoms with Gasteiger partial charge in [-0.25, -0.2) is 13.1 Å². The Hall–Kier alpha value is -1.02. The quantitative estimate of drug-likeness (QED) is 0.824. The third-order valence-electron chi connectivity index (χ3n) is 4.74. The zero-order valence-corrected chi connectivity index (χ0v) is 14.3. The first kappa shape index (κ1) is 16.8. The van der Waals surface area contributed by atoms with E-state index in [1.54, 1.807) is 12.4 Å². The lowest BCUT2D eigenvalue weighted by atomic mass is 10.0. The third kappa shape index (κ3) is 4.73. The van der Waals surface area contributed by atoms with E-state index in [0.29, 0.717) is 5.92 Å². The van der Waals surface area contributed by atoms with Crippen molar-refractivity contribution >= 4 is 10.0 Å². The number of aromatic nitrogens is 1. The van der Waals surface area contributed by atoms with Crippen LogP contribution in [0.3, 0.4) is 0 Å². The second-order valence-corrected chi connectivity index (χ2v) is 8.42. The molecule has 128 valence electrons. The second kappa shape index (κ2) is 7.25. The van der Waals surface area contributed by atoms with Gasteiger partial charge in [-0.15, -0.1) is 0 Å². The normalized spacial score (nSPS) is 29.2. The molecule has 23 heavy (non-hydrogen) atoms. The van der Waals surface area contributed by atoms with E-state index in [2.05, 4.69) is 14.6 Å². The molecule has 2 fully saturated rings. The van der Waals surface area contributed by atoms with Crippen molar-refractivity contribution in [1.29, 1.82) is 0 Å². The van der Waals surface area contributed by atoms with Crippen molar-refractivity contribution < 1.29 is 13.2 Å². The average molecular weight is 339 g/mol. The van der Waals surface area contributed by atoms with Crippen molar-refractivity contribution in [3.63, 3.8) is 0 Å². The molecule has 0 bridgehead atoms. The Morgan fingerprint density at radius 2 is 2.13 bits per heavy atom. The van der Waals surface area contributed by atoms with E-state index < -0.39 is 10.0 Å². The van der Waals surface area contributed by atoms with Gasteiger partial charge in [0.05, 0.1) is 12.9 Å². The molecule has 3 heterocycles. The molecule has 0 saturated carbocycles. The number of ether oxygens (including phenoxy) is 1. The van der Waals surface area contributed by atoms with E-state index >= 15 is 0 Å². The lowest BCUT2D eigenvalue weighted by Gasteiger charge is -2.30. The topological polar surface area (TPSA) is 71.5 Å². The van der Waals surface area contributed by atoms with Crippen LogP contribution in [0.5, 0.6) is 0 Å². The van der Waals surface area contributed by atoms with Crippen LogP contribution in [0.4, 0.5) is 0 Å². The molecule has 2 aliphatic rings. The predicted octanol–water partition coefficient (Wildman–Crippen LogP) is 0.653. The minimum absolute atomic E-state index is 0.0273. The zero-order valence-electron chi connectivity index (χ0n) is 13.5. The molecular weight excluding hydrogens is 314 g/mol. The molecule has 2 saturated heterocycles. The number of pyridine rings is 1.